The van der Waals surface area contributed by atoms with Crippen molar-refractivity contribution in [2.45, 2.75) is 71.5 Å². The number of hydrogen-bond acceptors (Lipinski definition) is 4. The van der Waals surface area contributed by atoms with E-state index in [0.29, 0.717) is 19.4 Å². The summed E-state index contributed by atoms with van der Waals surface area (Å²) in [7, 11) is 1.42. The standard InChI is InChI=1S/C21H33NO4/c1-16(13-14-20(22)23)17(2)26-15-19-11-8-7-10-18(19)9-5-4-6-12-21(24)25-3/h7-8,10-11,16-17H,4-6,9,12-15H2,1-3H3,(H2,22,23)/t16-,17+/m0/s1. The largest absolute Gasteiger partial charge is 0.469 e. The summed E-state index contributed by atoms with van der Waals surface area (Å²) in [5, 5.41) is 0. The lowest BCUT2D eigenvalue weighted by molar-refractivity contribution is -0.140. The van der Waals surface area contributed by atoms with E-state index in [-0.39, 0.29) is 23.9 Å². The normalized spacial score (nSPS) is 13.2. The summed E-state index contributed by atoms with van der Waals surface area (Å²) in [4.78, 5) is 22.0. The highest BCUT2D eigenvalue weighted by atomic mass is 16.5. The van der Waals surface area contributed by atoms with Crippen molar-refractivity contribution in [2.75, 3.05) is 7.11 Å². The summed E-state index contributed by atoms with van der Waals surface area (Å²) in [5.41, 5.74) is 7.71. The van der Waals surface area contributed by atoms with Crippen LogP contribution in [0.4, 0.5) is 0 Å². The van der Waals surface area contributed by atoms with Gasteiger partial charge in [-0.05, 0) is 49.7 Å². The van der Waals surface area contributed by atoms with Crippen molar-refractivity contribution in [3.63, 3.8) is 0 Å². The number of aryl methyl sites for hydroxylation is 1. The van der Waals surface area contributed by atoms with Gasteiger partial charge in [0, 0.05) is 12.8 Å². The molecule has 0 radical (unpaired) electrons. The third kappa shape index (κ3) is 8.99. The molecule has 1 aromatic rings. The Morgan fingerprint density at radius 2 is 1.73 bits per heavy atom. The maximum absolute atomic E-state index is 11.1. The number of ether oxygens (including phenoxy) is 2. The topological polar surface area (TPSA) is 78.6 Å². The molecular formula is C21H33NO4. The Hall–Kier alpha value is -1.88. The smallest absolute Gasteiger partial charge is 0.305 e. The van der Waals surface area contributed by atoms with Gasteiger partial charge in [-0.15, -0.1) is 0 Å². The van der Waals surface area contributed by atoms with Gasteiger partial charge in [0.15, 0.2) is 0 Å². The summed E-state index contributed by atoms with van der Waals surface area (Å²) < 4.78 is 10.7. The Morgan fingerprint density at radius 1 is 1.04 bits per heavy atom. The van der Waals surface area contributed by atoms with Gasteiger partial charge in [-0.3, -0.25) is 9.59 Å². The van der Waals surface area contributed by atoms with E-state index in [9.17, 15) is 9.59 Å². The van der Waals surface area contributed by atoms with Crippen LogP contribution in [0.5, 0.6) is 0 Å². The van der Waals surface area contributed by atoms with Crippen molar-refractivity contribution in [1.29, 1.82) is 0 Å². The van der Waals surface area contributed by atoms with Crippen LogP contribution in [0, 0.1) is 5.92 Å². The Kier molecular flexibility index (Phi) is 10.6. The van der Waals surface area contributed by atoms with Gasteiger partial charge in [-0.2, -0.15) is 0 Å². The second kappa shape index (κ2) is 12.5. The highest BCUT2D eigenvalue weighted by Gasteiger charge is 2.14. The van der Waals surface area contributed by atoms with E-state index in [1.807, 2.05) is 19.1 Å². The van der Waals surface area contributed by atoms with Gasteiger partial charge in [0.25, 0.3) is 0 Å². The SMILES string of the molecule is COC(=O)CCCCCc1ccccc1CO[C@H](C)[C@@H](C)CCC(N)=O. The molecule has 2 atom stereocenters. The summed E-state index contributed by atoms with van der Waals surface area (Å²) in [6.07, 6.45) is 5.59. The molecular weight excluding hydrogens is 330 g/mol. The van der Waals surface area contributed by atoms with E-state index in [2.05, 4.69) is 23.8 Å². The van der Waals surface area contributed by atoms with Crippen molar-refractivity contribution in [3.8, 4) is 0 Å². The number of unbranched alkanes of at least 4 members (excludes halogenated alkanes) is 2. The van der Waals surface area contributed by atoms with E-state index >= 15 is 0 Å². The van der Waals surface area contributed by atoms with Gasteiger partial charge in [0.2, 0.25) is 5.91 Å². The molecule has 0 bridgehead atoms. The molecule has 1 amide bonds. The Bertz CT molecular complexity index is 559. The zero-order valence-electron chi connectivity index (χ0n) is 16.3. The van der Waals surface area contributed by atoms with Crippen molar-refractivity contribution >= 4 is 11.9 Å². The Labute approximate surface area is 157 Å². The van der Waals surface area contributed by atoms with Crippen molar-refractivity contribution in [1.82, 2.24) is 0 Å². The van der Waals surface area contributed by atoms with Gasteiger partial charge < -0.3 is 15.2 Å². The molecule has 0 aliphatic carbocycles. The fourth-order valence-corrected chi connectivity index (χ4v) is 2.80. The minimum absolute atomic E-state index is 0.0717. The zero-order chi connectivity index (χ0) is 19.4. The van der Waals surface area contributed by atoms with Crippen LogP contribution in [0.3, 0.4) is 0 Å². The predicted octanol–water partition coefficient (Wildman–Crippen LogP) is 3.77. The summed E-state index contributed by atoms with van der Waals surface area (Å²) in [5.74, 6) is -0.118. The second-order valence-electron chi connectivity index (χ2n) is 6.90. The molecule has 2 N–H and O–H groups in total. The van der Waals surface area contributed by atoms with Gasteiger partial charge in [-0.25, -0.2) is 0 Å². The van der Waals surface area contributed by atoms with Gasteiger partial charge >= 0.3 is 5.97 Å². The highest BCUT2D eigenvalue weighted by molar-refractivity contribution is 5.73. The first-order valence-electron chi connectivity index (χ1n) is 9.47. The van der Waals surface area contributed by atoms with Crippen LogP contribution < -0.4 is 5.73 Å². The molecule has 146 valence electrons. The highest BCUT2D eigenvalue weighted by Crippen LogP contribution is 2.19. The summed E-state index contributed by atoms with van der Waals surface area (Å²) >= 11 is 0. The molecule has 5 nitrogen and oxygen atoms in total. The minimum atomic E-state index is -0.262. The van der Waals surface area contributed by atoms with E-state index in [1.54, 1.807) is 0 Å². The average Bonchev–Trinajstić information content (AvgIpc) is 2.64. The molecule has 0 saturated carbocycles. The first kappa shape index (κ1) is 22.2. The Balaban J connectivity index is 2.40. The van der Waals surface area contributed by atoms with Crippen LogP contribution >= 0.6 is 0 Å². The number of hydrogen-bond donors (Lipinski definition) is 1. The number of esters is 1. The lowest BCUT2D eigenvalue weighted by Crippen LogP contribution is -2.21. The van der Waals surface area contributed by atoms with Gasteiger partial charge in [0.05, 0.1) is 19.8 Å². The number of carbonyl (C=O) groups excluding carboxylic acids is 2. The van der Waals surface area contributed by atoms with E-state index in [4.69, 9.17) is 10.5 Å². The maximum atomic E-state index is 11.1. The van der Waals surface area contributed by atoms with Crippen LogP contribution in [0.25, 0.3) is 0 Å². The zero-order valence-corrected chi connectivity index (χ0v) is 16.3. The first-order valence-corrected chi connectivity index (χ1v) is 9.47. The fourth-order valence-electron chi connectivity index (χ4n) is 2.80. The number of carbonyl (C=O) groups is 2. The molecule has 0 spiro atoms. The van der Waals surface area contributed by atoms with Crippen LogP contribution in [0.15, 0.2) is 24.3 Å². The van der Waals surface area contributed by atoms with Gasteiger partial charge in [0.1, 0.15) is 0 Å². The molecule has 0 saturated heterocycles. The van der Waals surface area contributed by atoms with Crippen LogP contribution in [-0.2, 0) is 32.1 Å². The molecule has 0 heterocycles. The van der Waals surface area contributed by atoms with Crippen molar-refractivity contribution in [3.05, 3.63) is 35.4 Å². The average molecular weight is 363 g/mol. The maximum Gasteiger partial charge on any atom is 0.305 e. The third-order valence-corrected chi connectivity index (χ3v) is 4.82. The predicted molar refractivity (Wildman–Crippen MR) is 102 cm³/mol. The third-order valence-electron chi connectivity index (χ3n) is 4.82. The molecule has 0 aliphatic rings. The Morgan fingerprint density at radius 3 is 2.38 bits per heavy atom. The van der Waals surface area contributed by atoms with Crippen LogP contribution in [-0.4, -0.2) is 25.1 Å². The molecule has 26 heavy (non-hydrogen) atoms. The molecule has 0 aliphatic heterocycles. The van der Waals surface area contributed by atoms with Crippen molar-refractivity contribution in [2.24, 2.45) is 11.7 Å². The number of amides is 1. The summed E-state index contributed by atoms with van der Waals surface area (Å²) in [6.45, 7) is 4.70. The molecule has 0 unspecified atom stereocenters. The van der Waals surface area contributed by atoms with Gasteiger partial charge in [-0.1, -0.05) is 37.6 Å². The molecule has 1 rings (SSSR count). The van der Waals surface area contributed by atoms with E-state index in [1.165, 1.54) is 18.2 Å². The number of primary amides is 1. The lowest BCUT2D eigenvalue weighted by atomic mass is 9.99. The van der Waals surface area contributed by atoms with Crippen molar-refractivity contribution < 1.29 is 19.1 Å². The quantitative estimate of drug-likeness (QED) is 0.427. The lowest BCUT2D eigenvalue weighted by Gasteiger charge is -2.21. The van der Waals surface area contributed by atoms with E-state index in [0.717, 1.165) is 32.1 Å². The van der Waals surface area contributed by atoms with Crippen LogP contribution in [0.2, 0.25) is 0 Å². The number of rotatable bonds is 13. The number of nitrogens with two attached hydrogens (primary N) is 1. The minimum Gasteiger partial charge on any atom is -0.469 e. The molecule has 1 aromatic carbocycles. The van der Waals surface area contributed by atoms with E-state index < -0.39 is 0 Å². The fraction of sp³-hybridized carbons (Fsp3) is 0.619. The molecule has 0 fully saturated rings. The molecule has 5 heteroatoms. The summed E-state index contributed by atoms with van der Waals surface area (Å²) in [6, 6.07) is 8.32. The molecule has 0 aromatic heterocycles. The number of benzene rings is 1. The first-order chi connectivity index (χ1) is 12.4. The number of methoxy groups -OCH3 is 1. The monoisotopic (exact) mass is 363 g/mol. The van der Waals surface area contributed by atoms with Crippen LogP contribution in [0.1, 0.15) is 63.5 Å². The second-order valence-corrected chi connectivity index (χ2v) is 6.90.